The van der Waals surface area contributed by atoms with Crippen molar-refractivity contribution in [2.75, 3.05) is 33.3 Å². The Labute approximate surface area is 162 Å². The van der Waals surface area contributed by atoms with Crippen LogP contribution in [0.3, 0.4) is 0 Å². The first-order valence-corrected chi connectivity index (χ1v) is 10.8. The maximum atomic E-state index is 13.2. The Morgan fingerprint density at radius 3 is 2.26 bits per heavy atom. The molecule has 2 aromatic rings. The summed E-state index contributed by atoms with van der Waals surface area (Å²) >= 11 is 0. The molecule has 0 radical (unpaired) electrons. The summed E-state index contributed by atoms with van der Waals surface area (Å²) < 4.78 is 33.3. The molecular weight excluding hydrogens is 360 g/mol. The van der Waals surface area contributed by atoms with Crippen molar-refractivity contribution in [3.63, 3.8) is 0 Å². The first kappa shape index (κ1) is 19.9. The zero-order chi connectivity index (χ0) is 19.6. The molecule has 0 bridgehead atoms. The number of aryl methyl sites for hydroxylation is 3. The molecule has 27 heavy (non-hydrogen) atoms. The maximum absolute atomic E-state index is 13.2. The second-order valence-electron chi connectivity index (χ2n) is 7.41. The van der Waals surface area contributed by atoms with Crippen molar-refractivity contribution in [3.8, 4) is 5.75 Å². The molecule has 1 N–H and O–H groups in total. The van der Waals surface area contributed by atoms with Crippen LogP contribution < -0.4 is 9.64 Å². The van der Waals surface area contributed by atoms with Crippen molar-refractivity contribution < 1.29 is 18.1 Å². The standard InChI is InChI=1S/C21H28N2O3S/c1-16-12-17(2)21(18(3)13-16)27(24,25)23-10-8-22(9-11-23)15-19-6-5-7-20(14-19)26-4/h5-7,12-14H,8-11,15H2,1-4H3/p+1. The van der Waals surface area contributed by atoms with Gasteiger partial charge in [-0.1, -0.05) is 29.8 Å². The lowest BCUT2D eigenvalue weighted by Gasteiger charge is -2.32. The number of nitrogens with one attached hydrogen (secondary N) is 1. The van der Waals surface area contributed by atoms with Crippen molar-refractivity contribution in [1.82, 2.24) is 4.31 Å². The molecule has 0 spiro atoms. The van der Waals surface area contributed by atoms with Gasteiger partial charge < -0.3 is 9.64 Å². The van der Waals surface area contributed by atoms with Crippen LogP contribution in [-0.4, -0.2) is 46.0 Å². The monoisotopic (exact) mass is 389 g/mol. The molecule has 2 aromatic carbocycles. The van der Waals surface area contributed by atoms with E-state index in [1.54, 1.807) is 11.4 Å². The molecule has 1 fully saturated rings. The van der Waals surface area contributed by atoms with E-state index >= 15 is 0 Å². The van der Waals surface area contributed by atoms with E-state index in [-0.39, 0.29) is 0 Å². The summed E-state index contributed by atoms with van der Waals surface area (Å²) in [7, 11) is -1.78. The molecule has 3 rings (SSSR count). The highest BCUT2D eigenvalue weighted by Gasteiger charge is 2.32. The molecule has 1 heterocycles. The Bertz CT molecular complexity index is 894. The van der Waals surface area contributed by atoms with Crippen molar-refractivity contribution in [3.05, 3.63) is 58.7 Å². The minimum absolute atomic E-state index is 0.476. The third kappa shape index (κ3) is 4.34. The molecule has 0 amide bonds. The number of ether oxygens (including phenoxy) is 1. The van der Waals surface area contributed by atoms with Crippen molar-refractivity contribution in [1.29, 1.82) is 0 Å². The summed E-state index contributed by atoms with van der Waals surface area (Å²) in [5, 5.41) is 0. The molecular formula is C21H29N2O3S+. The van der Waals surface area contributed by atoms with E-state index in [0.29, 0.717) is 18.0 Å². The number of benzene rings is 2. The zero-order valence-corrected chi connectivity index (χ0v) is 17.4. The van der Waals surface area contributed by atoms with E-state index in [2.05, 4.69) is 12.1 Å². The van der Waals surface area contributed by atoms with Crippen molar-refractivity contribution >= 4 is 10.0 Å². The van der Waals surface area contributed by atoms with E-state index in [9.17, 15) is 8.42 Å². The fraction of sp³-hybridized carbons (Fsp3) is 0.429. The third-order valence-electron chi connectivity index (χ3n) is 5.22. The minimum Gasteiger partial charge on any atom is -0.497 e. The Morgan fingerprint density at radius 2 is 1.67 bits per heavy atom. The number of piperazine rings is 1. The smallest absolute Gasteiger partial charge is 0.244 e. The molecule has 1 aliphatic heterocycles. The number of hydrogen-bond acceptors (Lipinski definition) is 3. The van der Waals surface area contributed by atoms with Crippen LogP contribution >= 0.6 is 0 Å². The highest BCUT2D eigenvalue weighted by atomic mass is 32.2. The minimum atomic E-state index is -3.45. The molecule has 0 saturated carbocycles. The molecule has 1 saturated heterocycles. The van der Waals surface area contributed by atoms with Crippen LogP contribution in [0.15, 0.2) is 41.3 Å². The van der Waals surface area contributed by atoms with Gasteiger partial charge in [0.2, 0.25) is 10.0 Å². The van der Waals surface area contributed by atoms with Gasteiger partial charge in [0.1, 0.15) is 12.3 Å². The molecule has 5 nitrogen and oxygen atoms in total. The topological polar surface area (TPSA) is 51.1 Å². The Hall–Kier alpha value is -1.89. The summed E-state index contributed by atoms with van der Waals surface area (Å²) in [6.45, 7) is 9.36. The van der Waals surface area contributed by atoms with Gasteiger partial charge >= 0.3 is 0 Å². The summed E-state index contributed by atoms with van der Waals surface area (Å²) in [4.78, 5) is 1.87. The number of methoxy groups -OCH3 is 1. The lowest BCUT2D eigenvalue weighted by atomic mass is 10.1. The van der Waals surface area contributed by atoms with E-state index in [1.807, 2.05) is 45.0 Å². The molecule has 146 valence electrons. The number of rotatable bonds is 5. The molecule has 0 unspecified atom stereocenters. The predicted octanol–water partition coefficient (Wildman–Crippen LogP) is 1.71. The largest absolute Gasteiger partial charge is 0.497 e. The Balaban J connectivity index is 1.70. The van der Waals surface area contributed by atoms with Gasteiger partial charge in [-0.2, -0.15) is 4.31 Å². The van der Waals surface area contributed by atoms with Gasteiger partial charge in [-0.25, -0.2) is 8.42 Å². The normalized spacial score (nSPS) is 16.4. The summed E-state index contributed by atoms with van der Waals surface area (Å²) in [6, 6.07) is 12.0. The van der Waals surface area contributed by atoms with E-state index in [0.717, 1.165) is 42.1 Å². The fourth-order valence-corrected chi connectivity index (χ4v) is 5.85. The third-order valence-corrected chi connectivity index (χ3v) is 7.43. The van der Waals surface area contributed by atoms with Crippen LogP contribution in [0.4, 0.5) is 0 Å². The highest BCUT2D eigenvalue weighted by molar-refractivity contribution is 7.89. The van der Waals surface area contributed by atoms with Crippen LogP contribution in [-0.2, 0) is 16.6 Å². The van der Waals surface area contributed by atoms with Crippen molar-refractivity contribution in [2.45, 2.75) is 32.2 Å². The Kier molecular flexibility index (Phi) is 5.89. The van der Waals surface area contributed by atoms with Gasteiger partial charge in [-0.3, -0.25) is 0 Å². The first-order valence-electron chi connectivity index (χ1n) is 9.36. The lowest BCUT2D eigenvalue weighted by molar-refractivity contribution is -0.917. The second kappa shape index (κ2) is 8.00. The molecule has 6 heteroatoms. The average Bonchev–Trinajstić information content (AvgIpc) is 2.61. The fourth-order valence-electron chi connectivity index (χ4n) is 3.99. The number of nitrogens with zero attached hydrogens (tertiary/aromatic N) is 1. The van der Waals surface area contributed by atoms with Gasteiger partial charge in [0.15, 0.2) is 0 Å². The molecule has 0 atom stereocenters. The van der Waals surface area contributed by atoms with Gasteiger partial charge in [-0.05, 0) is 44.0 Å². The maximum Gasteiger partial charge on any atom is 0.244 e. The molecule has 1 aliphatic rings. The highest BCUT2D eigenvalue weighted by Crippen LogP contribution is 2.25. The first-order chi connectivity index (χ1) is 12.8. The van der Waals surface area contributed by atoms with Gasteiger partial charge in [0.05, 0.1) is 38.2 Å². The molecule has 0 aromatic heterocycles. The van der Waals surface area contributed by atoms with Gasteiger partial charge in [-0.15, -0.1) is 0 Å². The van der Waals surface area contributed by atoms with E-state index in [1.165, 1.54) is 10.5 Å². The van der Waals surface area contributed by atoms with Crippen LogP contribution in [0.1, 0.15) is 22.3 Å². The number of quaternary nitrogens is 1. The van der Waals surface area contributed by atoms with E-state index < -0.39 is 10.0 Å². The second-order valence-corrected chi connectivity index (χ2v) is 9.29. The zero-order valence-electron chi connectivity index (χ0n) is 16.6. The van der Waals surface area contributed by atoms with Gasteiger partial charge in [0, 0.05) is 5.56 Å². The van der Waals surface area contributed by atoms with Crippen LogP contribution in [0.2, 0.25) is 0 Å². The predicted molar refractivity (Wildman–Crippen MR) is 107 cm³/mol. The number of sulfonamides is 1. The quantitative estimate of drug-likeness (QED) is 0.847. The number of hydrogen-bond donors (Lipinski definition) is 1. The Morgan fingerprint density at radius 1 is 1.04 bits per heavy atom. The van der Waals surface area contributed by atoms with Crippen LogP contribution in [0.5, 0.6) is 5.75 Å². The summed E-state index contributed by atoms with van der Waals surface area (Å²) in [5.41, 5.74) is 3.97. The SMILES string of the molecule is COc1cccc(C[NH+]2CCN(S(=O)(=O)c3c(C)cc(C)cc3C)CC2)c1. The van der Waals surface area contributed by atoms with Crippen LogP contribution in [0, 0.1) is 20.8 Å². The molecule has 0 aliphatic carbocycles. The average molecular weight is 390 g/mol. The lowest BCUT2D eigenvalue weighted by Crippen LogP contribution is -3.13. The van der Waals surface area contributed by atoms with Gasteiger partial charge in [0.25, 0.3) is 0 Å². The van der Waals surface area contributed by atoms with Crippen LogP contribution in [0.25, 0.3) is 0 Å². The summed E-state index contributed by atoms with van der Waals surface area (Å²) in [6.07, 6.45) is 0. The van der Waals surface area contributed by atoms with E-state index in [4.69, 9.17) is 4.74 Å². The van der Waals surface area contributed by atoms with Crippen molar-refractivity contribution in [2.24, 2.45) is 0 Å². The summed E-state index contributed by atoms with van der Waals surface area (Å²) in [5.74, 6) is 0.860.